The lowest BCUT2D eigenvalue weighted by atomic mass is 10.0. The maximum absolute atomic E-state index is 13.6. The van der Waals surface area contributed by atoms with Crippen molar-refractivity contribution in [3.8, 4) is 5.75 Å². The van der Waals surface area contributed by atoms with Crippen molar-refractivity contribution >= 4 is 22.3 Å². The van der Waals surface area contributed by atoms with Gasteiger partial charge < -0.3 is 20.0 Å². The number of aromatic amines is 1. The molecular weight excluding hydrogens is 460 g/mol. The molecule has 32 heavy (non-hydrogen) atoms. The summed E-state index contributed by atoms with van der Waals surface area (Å²) in [5, 5.41) is 0. The van der Waals surface area contributed by atoms with E-state index in [-0.39, 0.29) is 16.7 Å². The lowest BCUT2D eigenvalue weighted by molar-refractivity contribution is 0.212. The van der Waals surface area contributed by atoms with Crippen LogP contribution in [0.5, 0.6) is 5.75 Å². The number of aromatic nitrogens is 2. The highest BCUT2D eigenvalue weighted by Crippen LogP contribution is 2.33. The van der Waals surface area contributed by atoms with Crippen LogP contribution in [0.2, 0.25) is 0 Å². The number of fused-ring (bicyclic) bond motifs is 1. The molecular formula is C21H23F2N3O4S2. The molecule has 0 aliphatic carbocycles. The molecule has 0 radical (unpaired) electrons. The smallest absolute Gasteiger partial charge is 0.294 e. The molecule has 7 nitrogen and oxygen atoms in total. The third kappa shape index (κ3) is 5.80. The molecule has 3 aromatic rings. The topological polar surface area (TPSA) is 110 Å². The maximum Gasteiger partial charge on any atom is 0.294 e. The number of nitrogens with zero attached hydrogens (tertiary/aromatic N) is 1. The van der Waals surface area contributed by atoms with Crippen molar-refractivity contribution in [3.05, 3.63) is 75.8 Å². The molecule has 0 spiro atoms. The molecule has 1 atom stereocenters. The van der Waals surface area contributed by atoms with Gasteiger partial charge in [0, 0.05) is 36.4 Å². The Morgan fingerprint density at radius 2 is 1.97 bits per heavy atom. The van der Waals surface area contributed by atoms with Gasteiger partial charge in [0.2, 0.25) is 0 Å². The molecule has 1 aromatic heterocycles. The molecule has 11 heteroatoms. The van der Waals surface area contributed by atoms with Crippen molar-refractivity contribution in [2.24, 2.45) is 5.73 Å². The van der Waals surface area contributed by atoms with Crippen molar-refractivity contribution in [3.63, 3.8) is 0 Å². The molecule has 0 saturated heterocycles. The van der Waals surface area contributed by atoms with Crippen LogP contribution in [0.4, 0.5) is 8.78 Å². The minimum absolute atomic E-state index is 0.0666. The van der Waals surface area contributed by atoms with E-state index in [1.165, 1.54) is 18.2 Å². The zero-order valence-corrected chi connectivity index (χ0v) is 18.8. The predicted octanol–water partition coefficient (Wildman–Crippen LogP) is 3.74. The molecule has 2 heterocycles. The lowest BCUT2D eigenvalue weighted by Crippen LogP contribution is -2.25. The third-order valence-electron chi connectivity index (χ3n) is 4.88. The highest BCUT2D eigenvalue weighted by atomic mass is 32.2. The summed E-state index contributed by atoms with van der Waals surface area (Å²) in [5.41, 5.74) is 7.94. The highest BCUT2D eigenvalue weighted by molar-refractivity contribution is 7.85. The summed E-state index contributed by atoms with van der Waals surface area (Å²) < 4.78 is 64.4. The van der Waals surface area contributed by atoms with Crippen LogP contribution in [0.15, 0.2) is 47.5 Å². The molecule has 0 unspecified atom stereocenters. The Bertz CT molecular complexity index is 1260. The average Bonchev–Trinajstić information content (AvgIpc) is 3.08. The molecule has 4 rings (SSSR count). The monoisotopic (exact) mass is 483 g/mol. The standard InChI is InChI=1S/C14H15F2N3OS.C7H8O3S/c15-9-3-8-4-11(7-20-13(8)12(16)5-9)19-6-10(1-2-17)18-14(19)21;1-6-2-4-7(5-3-6)11(8,9)10/h3,5-6,11H,1-2,4,7,17H2,(H,18,21);2-5H,1H3,(H,8,9,10)/t11-;/m1./s1. The van der Waals surface area contributed by atoms with Gasteiger partial charge in [-0.15, -0.1) is 0 Å². The molecule has 0 fully saturated rings. The first-order valence-corrected chi connectivity index (χ1v) is 11.6. The van der Waals surface area contributed by atoms with E-state index in [4.69, 9.17) is 27.2 Å². The normalized spacial score (nSPS) is 15.3. The second-order valence-electron chi connectivity index (χ2n) is 7.36. The molecule has 0 amide bonds. The molecule has 2 aromatic carbocycles. The van der Waals surface area contributed by atoms with E-state index in [9.17, 15) is 17.2 Å². The van der Waals surface area contributed by atoms with Gasteiger partial charge in [-0.2, -0.15) is 8.42 Å². The van der Waals surface area contributed by atoms with E-state index >= 15 is 0 Å². The van der Waals surface area contributed by atoms with E-state index in [0.717, 1.165) is 17.3 Å². The Labute approximate surface area is 189 Å². The Morgan fingerprint density at radius 1 is 1.28 bits per heavy atom. The second kappa shape index (κ2) is 9.90. The van der Waals surface area contributed by atoms with Crippen LogP contribution < -0.4 is 10.5 Å². The first-order valence-electron chi connectivity index (χ1n) is 9.73. The molecule has 4 N–H and O–H groups in total. The Balaban J connectivity index is 0.000000222. The zero-order chi connectivity index (χ0) is 23.5. The van der Waals surface area contributed by atoms with Crippen molar-refractivity contribution in [1.29, 1.82) is 0 Å². The van der Waals surface area contributed by atoms with Crippen molar-refractivity contribution in [2.75, 3.05) is 13.2 Å². The first kappa shape index (κ1) is 24.1. The summed E-state index contributed by atoms with van der Waals surface area (Å²) in [7, 11) is -4.02. The Kier molecular flexibility index (Phi) is 7.44. The fraction of sp³-hybridized carbons (Fsp3) is 0.286. The number of imidazole rings is 1. The number of halogens is 2. The largest absolute Gasteiger partial charge is 0.488 e. The molecule has 1 aliphatic rings. The molecule has 172 valence electrons. The summed E-state index contributed by atoms with van der Waals surface area (Å²) in [5.74, 6) is -1.13. The predicted molar refractivity (Wildman–Crippen MR) is 118 cm³/mol. The van der Waals surface area contributed by atoms with E-state index in [1.54, 1.807) is 12.1 Å². The fourth-order valence-corrected chi connectivity index (χ4v) is 4.14. The third-order valence-corrected chi connectivity index (χ3v) is 6.06. The van der Waals surface area contributed by atoms with Gasteiger partial charge in [-0.1, -0.05) is 17.7 Å². The van der Waals surface area contributed by atoms with Crippen LogP contribution in [0.1, 0.15) is 22.9 Å². The summed E-state index contributed by atoms with van der Waals surface area (Å²) >= 11 is 5.28. The van der Waals surface area contributed by atoms with Crippen molar-refractivity contribution in [1.82, 2.24) is 9.55 Å². The van der Waals surface area contributed by atoms with Crippen LogP contribution in [-0.2, 0) is 23.0 Å². The Morgan fingerprint density at radius 3 is 2.59 bits per heavy atom. The summed E-state index contributed by atoms with van der Waals surface area (Å²) in [4.78, 5) is 3.02. The van der Waals surface area contributed by atoms with Crippen LogP contribution in [-0.4, -0.2) is 35.7 Å². The van der Waals surface area contributed by atoms with Gasteiger partial charge in [0.25, 0.3) is 10.1 Å². The number of benzene rings is 2. The van der Waals surface area contributed by atoms with Gasteiger partial charge in [-0.25, -0.2) is 8.78 Å². The summed E-state index contributed by atoms with van der Waals surface area (Å²) in [6, 6.07) is 8.04. The van der Waals surface area contributed by atoms with Crippen LogP contribution >= 0.6 is 12.2 Å². The fourth-order valence-electron chi connectivity index (χ4n) is 3.32. The minimum Gasteiger partial charge on any atom is -0.488 e. The quantitative estimate of drug-likeness (QED) is 0.385. The van der Waals surface area contributed by atoms with Gasteiger partial charge in [0.05, 0.1) is 10.9 Å². The van der Waals surface area contributed by atoms with E-state index < -0.39 is 21.8 Å². The molecule has 1 aliphatic heterocycles. The lowest BCUT2D eigenvalue weighted by Gasteiger charge is -2.26. The van der Waals surface area contributed by atoms with Gasteiger partial charge in [0.1, 0.15) is 12.4 Å². The van der Waals surface area contributed by atoms with Crippen LogP contribution in [0.25, 0.3) is 0 Å². The number of rotatable bonds is 4. The van der Waals surface area contributed by atoms with E-state index in [1.807, 2.05) is 17.7 Å². The number of nitrogens with one attached hydrogen (secondary N) is 1. The number of aryl methyl sites for hydroxylation is 1. The van der Waals surface area contributed by atoms with Gasteiger partial charge in [-0.3, -0.25) is 4.55 Å². The number of hydrogen-bond donors (Lipinski definition) is 3. The summed E-state index contributed by atoms with van der Waals surface area (Å²) in [6.07, 6.45) is 3.06. The average molecular weight is 484 g/mol. The number of H-pyrrole nitrogens is 1. The number of hydrogen-bond acceptors (Lipinski definition) is 5. The Hall–Kier alpha value is -2.60. The van der Waals surface area contributed by atoms with Crippen LogP contribution in [0.3, 0.4) is 0 Å². The van der Waals surface area contributed by atoms with Gasteiger partial charge >= 0.3 is 0 Å². The van der Waals surface area contributed by atoms with Crippen molar-refractivity contribution < 1.29 is 26.5 Å². The maximum atomic E-state index is 13.6. The van der Waals surface area contributed by atoms with E-state index in [0.29, 0.717) is 36.3 Å². The van der Waals surface area contributed by atoms with Crippen molar-refractivity contribution in [2.45, 2.75) is 30.7 Å². The van der Waals surface area contributed by atoms with E-state index in [2.05, 4.69) is 4.98 Å². The molecule has 0 bridgehead atoms. The van der Waals surface area contributed by atoms with Gasteiger partial charge in [-0.05, 0) is 43.9 Å². The highest BCUT2D eigenvalue weighted by Gasteiger charge is 2.25. The second-order valence-corrected chi connectivity index (χ2v) is 9.17. The van der Waals surface area contributed by atoms with Gasteiger partial charge in [0.15, 0.2) is 16.3 Å². The zero-order valence-electron chi connectivity index (χ0n) is 17.2. The number of ether oxygens (including phenoxy) is 1. The minimum atomic E-state index is -4.02. The first-order chi connectivity index (χ1) is 15.1. The molecule has 0 saturated carbocycles. The van der Waals surface area contributed by atoms with Crippen LogP contribution in [0, 0.1) is 23.3 Å². The number of nitrogens with two attached hydrogens (primary N) is 1. The SMILES string of the molecule is Cc1ccc(S(=O)(=O)O)cc1.NCCc1cn([C@H]2COc3c(F)cc(F)cc3C2)c(=S)[nH]1. The summed E-state index contributed by atoms with van der Waals surface area (Å²) in [6.45, 7) is 2.66.